The zero-order valence-corrected chi connectivity index (χ0v) is 26.2. The molecule has 1 unspecified atom stereocenters. The molecule has 1 fully saturated rings. The third-order valence-corrected chi connectivity index (χ3v) is 8.40. The number of benzene rings is 1. The first-order valence-corrected chi connectivity index (χ1v) is 15.3. The van der Waals surface area contributed by atoms with Crippen LogP contribution in [-0.4, -0.2) is 81.1 Å². The molecule has 1 atom stereocenters. The zero-order valence-electron chi connectivity index (χ0n) is 25.5. The molecule has 0 spiro atoms. The molecule has 1 N–H and O–H groups in total. The van der Waals surface area contributed by atoms with Crippen LogP contribution >= 0.6 is 11.6 Å². The molecule has 0 bridgehead atoms. The van der Waals surface area contributed by atoms with Gasteiger partial charge in [-0.1, -0.05) is 17.7 Å². The third kappa shape index (κ3) is 6.17. The Labute approximate surface area is 266 Å². The second-order valence-electron chi connectivity index (χ2n) is 12.4. The quantitative estimate of drug-likeness (QED) is 0.432. The Hall–Kier alpha value is -4.11. The highest BCUT2D eigenvalue weighted by atomic mass is 35.5. The normalized spacial score (nSPS) is 18.8. The Morgan fingerprint density at radius 1 is 1.11 bits per heavy atom. The number of carbonyl (C=O) groups excluding carboxylic acids is 2. The molecule has 0 radical (unpaired) electrons. The van der Waals surface area contributed by atoms with Gasteiger partial charge < -0.3 is 24.6 Å². The van der Waals surface area contributed by atoms with Gasteiger partial charge in [-0.15, -0.1) is 5.10 Å². The van der Waals surface area contributed by atoms with Crippen molar-refractivity contribution in [1.82, 2.24) is 24.1 Å². The van der Waals surface area contributed by atoms with Crippen LogP contribution in [0.2, 0.25) is 5.02 Å². The van der Waals surface area contributed by atoms with Crippen LogP contribution in [-0.2, 0) is 26.9 Å². The van der Waals surface area contributed by atoms with E-state index in [-0.39, 0.29) is 16.5 Å². The molecule has 1 saturated heterocycles. The van der Waals surface area contributed by atoms with Gasteiger partial charge in [-0.2, -0.15) is 22.7 Å². The summed E-state index contributed by atoms with van der Waals surface area (Å²) >= 11 is 6.14. The van der Waals surface area contributed by atoms with Gasteiger partial charge >= 0.3 is 12.3 Å². The monoisotopic (exact) mass is 663 g/mol. The number of fused-ring (bicyclic) bond motifs is 3. The summed E-state index contributed by atoms with van der Waals surface area (Å²) in [6, 6.07) is 1.86. The van der Waals surface area contributed by atoms with Crippen molar-refractivity contribution in [3.8, 4) is 0 Å². The van der Waals surface area contributed by atoms with Crippen LogP contribution in [0.1, 0.15) is 56.7 Å². The number of piperazine rings is 1. The predicted octanol–water partition coefficient (Wildman–Crippen LogP) is 4.55. The molecule has 1 aromatic carbocycles. The number of rotatable bonds is 4. The van der Waals surface area contributed by atoms with E-state index in [9.17, 15) is 27.6 Å². The Kier molecular flexibility index (Phi) is 8.25. The molecule has 2 aromatic heterocycles. The largest absolute Gasteiger partial charge is 0.444 e. The van der Waals surface area contributed by atoms with E-state index in [1.165, 1.54) is 4.52 Å². The van der Waals surface area contributed by atoms with Gasteiger partial charge in [0, 0.05) is 26.2 Å². The van der Waals surface area contributed by atoms with E-state index in [0.29, 0.717) is 75.9 Å². The van der Waals surface area contributed by atoms with Crippen LogP contribution < -0.4 is 15.8 Å². The molecule has 12 nitrogen and oxygen atoms in total. The lowest BCUT2D eigenvalue weighted by atomic mass is 10.1. The van der Waals surface area contributed by atoms with Crippen molar-refractivity contribution in [3.05, 3.63) is 56.7 Å². The number of ether oxygens (including phenoxy) is 2. The lowest BCUT2D eigenvalue weighted by Crippen LogP contribution is -2.51. The highest BCUT2D eigenvalue weighted by molar-refractivity contribution is 6.33. The summed E-state index contributed by atoms with van der Waals surface area (Å²) in [6.07, 6.45) is -1.98. The summed E-state index contributed by atoms with van der Waals surface area (Å²) in [6.45, 7) is 7.55. The second-order valence-corrected chi connectivity index (χ2v) is 12.8. The van der Waals surface area contributed by atoms with E-state index in [0.717, 1.165) is 23.8 Å². The average molecular weight is 664 g/mol. The summed E-state index contributed by atoms with van der Waals surface area (Å²) in [5, 5.41) is 6.96. The molecule has 46 heavy (non-hydrogen) atoms. The zero-order chi connectivity index (χ0) is 33.0. The molecule has 246 valence electrons. The molecule has 5 heterocycles. The number of aromatic nitrogens is 4. The van der Waals surface area contributed by atoms with Gasteiger partial charge in [0.15, 0.2) is 5.82 Å². The van der Waals surface area contributed by atoms with Gasteiger partial charge in [0.1, 0.15) is 17.3 Å². The minimum atomic E-state index is -4.59. The molecule has 3 aromatic rings. The third-order valence-electron chi connectivity index (χ3n) is 8.09. The Morgan fingerprint density at radius 3 is 2.48 bits per heavy atom. The van der Waals surface area contributed by atoms with Crippen molar-refractivity contribution in [2.24, 2.45) is 0 Å². The van der Waals surface area contributed by atoms with Crippen molar-refractivity contribution in [2.75, 3.05) is 49.6 Å². The average Bonchev–Trinajstić information content (AvgIpc) is 3.63. The number of hydrogen-bond donors (Lipinski definition) is 1. The van der Waals surface area contributed by atoms with Gasteiger partial charge in [0.05, 0.1) is 35.2 Å². The highest BCUT2D eigenvalue weighted by Gasteiger charge is 2.38. The number of anilines is 2. The molecule has 0 aliphatic carbocycles. The highest BCUT2D eigenvalue weighted by Crippen LogP contribution is 2.37. The molecule has 3 aliphatic rings. The van der Waals surface area contributed by atoms with Crippen molar-refractivity contribution >= 4 is 46.3 Å². The number of carbonyl (C=O) groups is 2. The predicted molar refractivity (Wildman–Crippen MR) is 163 cm³/mol. The van der Waals surface area contributed by atoms with Crippen LogP contribution in [0.4, 0.5) is 29.3 Å². The standard InChI is InChI=1S/C30H33ClF3N7O5/c1-29(2,3)46-28(44)39-12-10-38(11-13-39)23-21-6-7-22(25(42)35-20-5-4-18(16-19(20)31)30(32,33)34)40(21)27-36-24(37-41(27)26(23)43)17-8-14-45-15-9-17/h4-5,8,16,22H,6-7,9-15H2,1-3H3,(H,35,42). The van der Waals surface area contributed by atoms with Gasteiger partial charge in [-0.25, -0.2) is 4.79 Å². The summed E-state index contributed by atoms with van der Waals surface area (Å²) in [4.78, 5) is 48.6. The number of alkyl halides is 3. The van der Waals surface area contributed by atoms with Crippen molar-refractivity contribution in [3.63, 3.8) is 0 Å². The maximum absolute atomic E-state index is 14.1. The van der Waals surface area contributed by atoms with Crippen molar-refractivity contribution < 1.29 is 32.2 Å². The molecule has 0 saturated carbocycles. The van der Waals surface area contributed by atoms with E-state index in [4.69, 9.17) is 26.1 Å². The SMILES string of the molecule is CC(C)(C)OC(=O)N1CCN(c2c3n(c4nc(C5=CCOCC5)nn4c2=O)C(C(=O)Nc2ccc(C(F)(F)F)cc2Cl)CC3)CC1. The van der Waals surface area contributed by atoms with E-state index in [2.05, 4.69) is 10.4 Å². The van der Waals surface area contributed by atoms with E-state index >= 15 is 0 Å². The lowest BCUT2D eigenvalue weighted by molar-refractivity contribution is -0.137. The van der Waals surface area contributed by atoms with E-state index in [1.54, 1.807) is 30.2 Å². The van der Waals surface area contributed by atoms with Gasteiger partial charge in [-0.05, 0) is 63.8 Å². The molecule has 16 heteroatoms. The van der Waals surface area contributed by atoms with Gasteiger partial charge in [-0.3, -0.25) is 14.2 Å². The van der Waals surface area contributed by atoms with Crippen molar-refractivity contribution in [1.29, 1.82) is 0 Å². The Bertz CT molecular complexity index is 1790. The molecule has 2 amide bonds. The number of halogens is 4. The minimum Gasteiger partial charge on any atom is -0.444 e. The lowest BCUT2D eigenvalue weighted by Gasteiger charge is -2.37. The van der Waals surface area contributed by atoms with Gasteiger partial charge in [0.2, 0.25) is 11.7 Å². The summed E-state index contributed by atoms with van der Waals surface area (Å²) in [5.41, 5.74) is -0.201. The summed E-state index contributed by atoms with van der Waals surface area (Å²) in [7, 11) is 0. The van der Waals surface area contributed by atoms with Crippen LogP contribution in [0.15, 0.2) is 29.1 Å². The van der Waals surface area contributed by atoms with Crippen LogP contribution in [0.5, 0.6) is 0 Å². The van der Waals surface area contributed by atoms with Gasteiger partial charge in [0.25, 0.3) is 5.56 Å². The second kappa shape index (κ2) is 11.9. The van der Waals surface area contributed by atoms with Crippen LogP contribution in [0, 0.1) is 0 Å². The number of nitrogens with zero attached hydrogens (tertiary/aromatic N) is 6. The molecular formula is C30H33ClF3N7O5. The fraction of sp³-hybridized carbons (Fsp3) is 0.500. The van der Waals surface area contributed by atoms with E-state index in [1.807, 2.05) is 11.0 Å². The minimum absolute atomic E-state index is 0.0261. The van der Waals surface area contributed by atoms with Crippen LogP contribution in [0.25, 0.3) is 11.4 Å². The summed E-state index contributed by atoms with van der Waals surface area (Å²) in [5.74, 6) is -0.00461. The summed E-state index contributed by atoms with van der Waals surface area (Å²) < 4.78 is 53.3. The topological polar surface area (TPSA) is 123 Å². The first-order valence-electron chi connectivity index (χ1n) is 14.9. The maximum Gasteiger partial charge on any atom is 0.416 e. The number of nitrogens with one attached hydrogen (secondary N) is 1. The fourth-order valence-electron chi connectivity index (χ4n) is 5.90. The first kappa shape index (κ1) is 31.9. The van der Waals surface area contributed by atoms with Crippen molar-refractivity contribution in [2.45, 2.75) is 57.9 Å². The Balaban J connectivity index is 1.36. The maximum atomic E-state index is 14.1. The number of amides is 2. The molecule has 3 aliphatic heterocycles. The number of hydrogen-bond acceptors (Lipinski definition) is 8. The van der Waals surface area contributed by atoms with Crippen LogP contribution in [0.3, 0.4) is 0 Å². The first-order chi connectivity index (χ1) is 21.7. The Morgan fingerprint density at radius 2 is 1.85 bits per heavy atom. The molecular weight excluding hydrogens is 631 g/mol. The smallest absolute Gasteiger partial charge is 0.416 e. The molecule has 6 rings (SSSR count). The fourth-order valence-corrected chi connectivity index (χ4v) is 6.13. The van der Waals surface area contributed by atoms with E-state index < -0.39 is 40.9 Å².